The summed E-state index contributed by atoms with van der Waals surface area (Å²) in [6.45, 7) is 4.09. The Morgan fingerprint density at radius 1 is 1.55 bits per heavy atom. The lowest BCUT2D eigenvalue weighted by Gasteiger charge is -2.17. The van der Waals surface area contributed by atoms with Crippen LogP contribution in [-0.2, 0) is 0 Å². The summed E-state index contributed by atoms with van der Waals surface area (Å²) in [6, 6.07) is -0.314. The molecule has 0 radical (unpaired) electrons. The van der Waals surface area contributed by atoms with Gasteiger partial charge in [0.2, 0.25) is 6.54 Å². The fourth-order valence-electron chi connectivity index (χ4n) is 2.41. The van der Waals surface area contributed by atoms with Gasteiger partial charge in [0.25, 0.3) is 0 Å². The van der Waals surface area contributed by atoms with E-state index in [-0.39, 0.29) is 6.03 Å². The molecule has 0 aromatic carbocycles. The van der Waals surface area contributed by atoms with Crippen molar-refractivity contribution in [3.8, 4) is 0 Å². The standard InChI is InChI=1S/C16H25N3O3/c1-4-10-18(3)16(20)17-15(12-19(21)22)11-13(5-2)14-8-6-7-9-14/h5,8,11H,4,6-7,9-10,12H2,1-3H3,(H,17,20)/b13-5+,15-11+. The van der Waals surface area contributed by atoms with Crippen LogP contribution in [0, 0.1) is 10.1 Å². The molecule has 1 aliphatic carbocycles. The maximum absolute atomic E-state index is 12.0. The van der Waals surface area contributed by atoms with Crippen molar-refractivity contribution in [1.82, 2.24) is 10.2 Å². The number of amides is 2. The van der Waals surface area contributed by atoms with Crippen LogP contribution in [0.2, 0.25) is 0 Å². The van der Waals surface area contributed by atoms with Crippen molar-refractivity contribution in [1.29, 1.82) is 0 Å². The molecule has 0 saturated heterocycles. The smallest absolute Gasteiger partial charge is 0.321 e. The Labute approximate surface area is 131 Å². The Balaban J connectivity index is 2.89. The molecule has 1 rings (SSSR count). The Kier molecular flexibility index (Phi) is 7.36. The van der Waals surface area contributed by atoms with E-state index in [1.807, 2.05) is 19.9 Å². The van der Waals surface area contributed by atoms with Gasteiger partial charge in [-0.25, -0.2) is 4.79 Å². The lowest BCUT2D eigenvalue weighted by molar-refractivity contribution is -0.471. The lowest BCUT2D eigenvalue weighted by atomic mass is 10.0. The first kappa shape index (κ1) is 17.9. The third-order valence-electron chi connectivity index (χ3n) is 3.53. The number of hydrogen-bond donors (Lipinski definition) is 1. The molecule has 0 spiro atoms. The van der Waals surface area contributed by atoms with Crippen molar-refractivity contribution in [2.45, 2.75) is 39.5 Å². The van der Waals surface area contributed by atoms with E-state index in [9.17, 15) is 14.9 Å². The van der Waals surface area contributed by atoms with E-state index >= 15 is 0 Å². The number of carbonyl (C=O) groups excluding carboxylic acids is 1. The van der Waals surface area contributed by atoms with E-state index in [2.05, 4.69) is 11.4 Å². The highest BCUT2D eigenvalue weighted by molar-refractivity contribution is 5.76. The predicted molar refractivity (Wildman–Crippen MR) is 87.1 cm³/mol. The SMILES string of the molecule is C/C=C(\C=C(/C[N+](=O)[O-])NC(=O)N(C)CCC)C1=CCCC1. The summed E-state index contributed by atoms with van der Waals surface area (Å²) in [4.78, 5) is 24.0. The van der Waals surface area contributed by atoms with Crippen LogP contribution in [0.15, 0.2) is 35.1 Å². The summed E-state index contributed by atoms with van der Waals surface area (Å²) in [7, 11) is 1.68. The van der Waals surface area contributed by atoms with Gasteiger partial charge in [-0.3, -0.25) is 10.1 Å². The van der Waals surface area contributed by atoms with Crippen LogP contribution in [-0.4, -0.2) is 36.0 Å². The first-order chi connectivity index (χ1) is 10.5. The molecule has 0 unspecified atom stereocenters. The van der Waals surface area contributed by atoms with Crippen molar-refractivity contribution in [3.63, 3.8) is 0 Å². The van der Waals surface area contributed by atoms with E-state index in [1.165, 1.54) is 10.5 Å². The molecule has 0 bridgehead atoms. The molecular weight excluding hydrogens is 282 g/mol. The molecule has 0 atom stereocenters. The summed E-state index contributed by atoms with van der Waals surface area (Å²) in [6.07, 6.45) is 9.77. The first-order valence-corrected chi connectivity index (χ1v) is 7.68. The van der Waals surface area contributed by atoms with Gasteiger partial charge in [0.15, 0.2) is 0 Å². The highest BCUT2D eigenvalue weighted by Gasteiger charge is 2.15. The minimum absolute atomic E-state index is 0.314. The molecule has 1 N–H and O–H groups in total. The van der Waals surface area contributed by atoms with Crippen molar-refractivity contribution in [2.24, 2.45) is 0 Å². The number of nitrogens with one attached hydrogen (secondary N) is 1. The van der Waals surface area contributed by atoms with Crippen molar-refractivity contribution < 1.29 is 9.72 Å². The molecule has 0 heterocycles. The maximum atomic E-state index is 12.0. The molecule has 0 saturated carbocycles. The summed E-state index contributed by atoms with van der Waals surface area (Å²) in [5, 5.41) is 13.5. The number of allylic oxidation sites excluding steroid dienone is 5. The van der Waals surface area contributed by atoms with Gasteiger partial charge in [-0.2, -0.15) is 0 Å². The molecule has 2 amide bonds. The molecule has 0 fully saturated rings. The summed E-state index contributed by atoms with van der Waals surface area (Å²) >= 11 is 0. The molecule has 1 aliphatic rings. The number of hydrogen-bond acceptors (Lipinski definition) is 3. The topological polar surface area (TPSA) is 75.5 Å². The minimum atomic E-state index is -0.428. The number of nitro groups is 1. The van der Waals surface area contributed by atoms with Crippen LogP contribution >= 0.6 is 0 Å². The van der Waals surface area contributed by atoms with Crippen molar-refractivity contribution >= 4 is 6.03 Å². The Morgan fingerprint density at radius 3 is 2.77 bits per heavy atom. The number of urea groups is 1. The van der Waals surface area contributed by atoms with Gasteiger partial charge in [-0.15, -0.1) is 0 Å². The molecular formula is C16H25N3O3. The van der Waals surface area contributed by atoms with Crippen LogP contribution in [0.1, 0.15) is 39.5 Å². The fraction of sp³-hybridized carbons (Fsp3) is 0.562. The van der Waals surface area contributed by atoms with Crippen LogP contribution in [0.5, 0.6) is 0 Å². The van der Waals surface area contributed by atoms with Gasteiger partial charge < -0.3 is 10.2 Å². The second-order valence-corrected chi connectivity index (χ2v) is 5.38. The Hall–Kier alpha value is -2.11. The largest absolute Gasteiger partial charge is 0.328 e. The van der Waals surface area contributed by atoms with E-state index in [0.29, 0.717) is 12.2 Å². The fourth-order valence-corrected chi connectivity index (χ4v) is 2.41. The third-order valence-corrected chi connectivity index (χ3v) is 3.53. The van der Waals surface area contributed by atoms with E-state index in [1.54, 1.807) is 13.1 Å². The van der Waals surface area contributed by atoms with Gasteiger partial charge in [-0.05, 0) is 49.8 Å². The Bertz CT molecular complexity index is 507. The van der Waals surface area contributed by atoms with E-state index in [4.69, 9.17) is 0 Å². The zero-order valence-electron chi connectivity index (χ0n) is 13.6. The number of rotatable bonds is 7. The molecule has 6 nitrogen and oxygen atoms in total. The summed E-state index contributed by atoms with van der Waals surface area (Å²) < 4.78 is 0. The summed E-state index contributed by atoms with van der Waals surface area (Å²) in [5.41, 5.74) is 2.46. The molecule has 22 heavy (non-hydrogen) atoms. The Morgan fingerprint density at radius 2 is 2.27 bits per heavy atom. The molecule has 0 aliphatic heterocycles. The number of carbonyl (C=O) groups is 1. The normalized spacial score (nSPS) is 15.5. The molecule has 0 aromatic rings. The van der Waals surface area contributed by atoms with Crippen LogP contribution in [0.3, 0.4) is 0 Å². The molecule has 122 valence electrons. The average Bonchev–Trinajstić information content (AvgIpc) is 2.98. The second kappa shape index (κ2) is 9.02. The zero-order chi connectivity index (χ0) is 16.5. The van der Waals surface area contributed by atoms with Gasteiger partial charge in [0.1, 0.15) is 0 Å². The van der Waals surface area contributed by atoms with Crippen LogP contribution < -0.4 is 5.32 Å². The predicted octanol–water partition coefficient (Wildman–Crippen LogP) is 3.26. The van der Waals surface area contributed by atoms with Crippen molar-refractivity contribution in [2.75, 3.05) is 20.1 Å². The van der Waals surface area contributed by atoms with Gasteiger partial charge in [-0.1, -0.05) is 19.1 Å². The van der Waals surface area contributed by atoms with Crippen LogP contribution in [0.4, 0.5) is 4.79 Å². The second-order valence-electron chi connectivity index (χ2n) is 5.38. The van der Waals surface area contributed by atoms with Crippen LogP contribution in [0.25, 0.3) is 0 Å². The van der Waals surface area contributed by atoms with Gasteiger partial charge >= 0.3 is 6.03 Å². The van der Waals surface area contributed by atoms with E-state index in [0.717, 1.165) is 31.3 Å². The van der Waals surface area contributed by atoms with Gasteiger partial charge in [0.05, 0.1) is 5.70 Å². The first-order valence-electron chi connectivity index (χ1n) is 7.68. The van der Waals surface area contributed by atoms with Gasteiger partial charge in [0, 0.05) is 18.5 Å². The molecule has 0 aromatic heterocycles. The van der Waals surface area contributed by atoms with Crippen molar-refractivity contribution in [3.05, 3.63) is 45.2 Å². The highest BCUT2D eigenvalue weighted by Crippen LogP contribution is 2.26. The minimum Gasteiger partial charge on any atom is -0.328 e. The summed E-state index contributed by atoms with van der Waals surface area (Å²) in [5.74, 6) is 0. The zero-order valence-corrected chi connectivity index (χ0v) is 13.6. The highest BCUT2D eigenvalue weighted by atomic mass is 16.6. The lowest BCUT2D eigenvalue weighted by Crippen LogP contribution is -2.38. The molecule has 6 heteroatoms. The quantitative estimate of drug-likeness (QED) is 0.445. The van der Waals surface area contributed by atoms with E-state index < -0.39 is 11.5 Å². The number of nitrogens with zero attached hydrogens (tertiary/aromatic N) is 2. The monoisotopic (exact) mass is 307 g/mol. The average molecular weight is 307 g/mol. The maximum Gasteiger partial charge on any atom is 0.321 e. The third kappa shape index (κ3) is 5.71.